The van der Waals surface area contributed by atoms with E-state index in [1.807, 2.05) is 0 Å². The smallest absolute Gasteiger partial charge is 0.548 e. The summed E-state index contributed by atoms with van der Waals surface area (Å²) in [6, 6.07) is 5.13. The van der Waals surface area contributed by atoms with Crippen LogP contribution in [0.2, 0.25) is 0 Å². The molecule has 2 aliphatic heterocycles. The Bertz CT molecular complexity index is 809. The van der Waals surface area contributed by atoms with Gasteiger partial charge in [0.1, 0.15) is 17.8 Å². The second-order valence-electron chi connectivity index (χ2n) is 7.03. The third-order valence-electron chi connectivity index (χ3n) is 4.79. The first-order chi connectivity index (χ1) is 12.7. The zero-order chi connectivity index (χ0) is 19.9. The molecule has 2 heterocycles. The van der Waals surface area contributed by atoms with Gasteiger partial charge in [0.2, 0.25) is 5.91 Å². The maximum atomic E-state index is 12.6. The molecule has 0 saturated carbocycles. The summed E-state index contributed by atoms with van der Waals surface area (Å²) >= 11 is 1.26. The van der Waals surface area contributed by atoms with Crippen molar-refractivity contribution in [2.75, 3.05) is 0 Å². The summed E-state index contributed by atoms with van der Waals surface area (Å²) in [6.45, 7) is 5.22. The van der Waals surface area contributed by atoms with Crippen LogP contribution in [0.5, 0.6) is 5.75 Å². The number of nitrogens with zero attached hydrogens (tertiary/aromatic N) is 1. The number of carboxylic acids is 1. The van der Waals surface area contributed by atoms with Crippen LogP contribution in [0.1, 0.15) is 31.1 Å². The van der Waals surface area contributed by atoms with Gasteiger partial charge in [-0.3, -0.25) is 9.59 Å². The molecule has 0 aliphatic carbocycles. The van der Waals surface area contributed by atoms with Crippen LogP contribution in [0.4, 0.5) is 0 Å². The number of hydrogen-bond donors (Lipinski definition) is 1. The zero-order valence-electron chi connectivity index (χ0n) is 16.1. The van der Waals surface area contributed by atoms with Crippen molar-refractivity contribution in [1.29, 1.82) is 0 Å². The molecule has 9 heteroatoms. The largest absolute Gasteiger partial charge is 1.00 e. The molecule has 28 heavy (non-hydrogen) atoms. The van der Waals surface area contributed by atoms with E-state index in [0.717, 1.165) is 0 Å². The maximum Gasteiger partial charge on any atom is 1.00 e. The van der Waals surface area contributed by atoms with Gasteiger partial charge >= 0.3 is 51.4 Å². The normalized spacial score (nSPS) is 26.2. The number of carbonyl (C=O) groups is 3. The number of allylic oxidation sites excluding steroid dienone is 1. The number of rotatable bonds is 6. The Kier molecular flexibility index (Phi) is 7.57. The number of amides is 1. The molecule has 3 rings (SSSR count). The van der Waals surface area contributed by atoms with Crippen LogP contribution < -0.4 is 61.2 Å². The molecular formula is C19H20KNO6S. The second-order valence-corrected chi connectivity index (χ2v) is 8.80. The number of ether oxygens (including phenoxy) is 1. The molecule has 0 bridgehead atoms. The molecule has 4 atom stereocenters. The van der Waals surface area contributed by atoms with Crippen LogP contribution in [0.3, 0.4) is 0 Å². The van der Waals surface area contributed by atoms with Crippen LogP contribution in [0, 0.1) is 5.92 Å². The molecule has 1 aromatic rings. The summed E-state index contributed by atoms with van der Waals surface area (Å²) < 4.78 is 4.52. The van der Waals surface area contributed by atoms with Crippen molar-refractivity contribution < 1.29 is 80.7 Å². The van der Waals surface area contributed by atoms with Gasteiger partial charge in [0.05, 0.1) is 23.6 Å². The topological polar surface area (TPSA) is 107 Å². The summed E-state index contributed by atoms with van der Waals surface area (Å²) in [5, 5.41) is 21.4. The summed E-state index contributed by atoms with van der Waals surface area (Å²) in [5.41, 5.74) is 0.250. The minimum Gasteiger partial charge on any atom is -0.548 e. The quantitative estimate of drug-likeness (QED) is 0.232. The number of carbonyl (C=O) groups excluding carboxylic acids is 3. The van der Waals surface area contributed by atoms with E-state index in [-0.39, 0.29) is 56.9 Å². The van der Waals surface area contributed by atoms with Gasteiger partial charge in [0.15, 0.2) is 5.78 Å². The van der Waals surface area contributed by atoms with Crippen LogP contribution >= 0.6 is 11.8 Å². The SMILES string of the molecule is C/C=C\Oc1ccc(C(=O)[C@@H](O)[C@@H]2C(=O)N3[C@@H]2SC(C)(C)[C@@H]3C(=O)[O-])cc1.[K+]. The number of fused-ring (bicyclic) bond motifs is 1. The molecular weight excluding hydrogens is 409 g/mol. The molecule has 0 spiro atoms. The summed E-state index contributed by atoms with van der Waals surface area (Å²) in [7, 11) is 0. The third-order valence-corrected chi connectivity index (χ3v) is 6.39. The number of carboxylic acid groups (broad SMARTS) is 1. The Balaban J connectivity index is 0.00000280. The Morgan fingerprint density at radius 2 is 1.93 bits per heavy atom. The standard InChI is InChI=1S/C19H21NO6S.K/c1-4-9-26-11-7-5-10(6-8-11)13(21)14(22)12-16(23)20-15(18(24)25)19(2,3)27-17(12)20;/h4-9,12,14-15,17,22H,1-3H3,(H,24,25);/q;+1/p-1/b9-4-;/t12-,14+,15+,17-;/m1./s1. The van der Waals surface area contributed by atoms with Gasteiger partial charge in [-0.05, 0) is 45.0 Å². The van der Waals surface area contributed by atoms with Gasteiger partial charge in [0.25, 0.3) is 0 Å². The average molecular weight is 430 g/mol. The monoisotopic (exact) mass is 429 g/mol. The predicted molar refractivity (Wildman–Crippen MR) is 96.8 cm³/mol. The van der Waals surface area contributed by atoms with Crippen molar-refractivity contribution in [3.05, 3.63) is 42.2 Å². The minimum atomic E-state index is -1.54. The number of Topliss-reactive ketones (excluding diaryl/α,β-unsaturated/α-hetero) is 1. The van der Waals surface area contributed by atoms with Gasteiger partial charge in [-0.1, -0.05) is 6.08 Å². The fraction of sp³-hybridized carbons (Fsp3) is 0.421. The predicted octanol–water partition coefficient (Wildman–Crippen LogP) is -2.42. The van der Waals surface area contributed by atoms with Gasteiger partial charge < -0.3 is 24.6 Å². The fourth-order valence-corrected chi connectivity index (χ4v) is 5.20. The molecule has 0 unspecified atom stereocenters. The van der Waals surface area contributed by atoms with E-state index in [2.05, 4.69) is 0 Å². The summed E-state index contributed by atoms with van der Waals surface area (Å²) in [4.78, 5) is 37.7. The van der Waals surface area contributed by atoms with Gasteiger partial charge in [-0.15, -0.1) is 11.8 Å². The molecule has 0 radical (unpaired) electrons. The molecule has 0 aromatic heterocycles. The van der Waals surface area contributed by atoms with Crippen molar-refractivity contribution in [2.24, 2.45) is 5.92 Å². The zero-order valence-corrected chi connectivity index (χ0v) is 20.1. The molecule has 2 aliphatic rings. The fourth-order valence-electron chi connectivity index (χ4n) is 3.49. The Morgan fingerprint density at radius 3 is 2.46 bits per heavy atom. The van der Waals surface area contributed by atoms with Crippen molar-refractivity contribution in [3.8, 4) is 5.75 Å². The number of ketones is 1. The second kappa shape index (κ2) is 8.99. The molecule has 7 nitrogen and oxygen atoms in total. The number of aliphatic hydroxyl groups excluding tert-OH is 1. The van der Waals surface area contributed by atoms with Crippen LogP contribution in [-0.4, -0.2) is 49.9 Å². The van der Waals surface area contributed by atoms with E-state index >= 15 is 0 Å². The van der Waals surface area contributed by atoms with Crippen molar-refractivity contribution in [2.45, 2.75) is 43.0 Å². The van der Waals surface area contributed by atoms with E-state index in [4.69, 9.17) is 4.74 Å². The van der Waals surface area contributed by atoms with E-state index in [1.165, 1.54) is 35.1 Å². The van der Waals surface area contributed by atoms with Gasteiger partial charge in [-0.2, -0.15) is 0 Å². The van der Waals surface area contributed by atoms with Crippen LogP contribution in [0.15, 0.2) is 36.6 Å². The van der Waals surface area contributed by atoms with Crippen LogP contribution in [0.25, 0.3) is 0 Å². The third kappa shape index (κ3) is 4.11. The van der Waals surface area contributed by atoms with Crippen molar-refractivity contribution in [3.63, 3.8) is 0 Å². The number of β-lactam (4-membered cyclic amide) rings is 1. The molecule has 1 amide bonds. The number of hydrogen-bond acceptors (Lipinski definition) is 7. The average Bonchev–Trinajstić information content (AvgIpc) is 2.87. The summed E-state index contributed by atoms with van der Waals surface area (Å²) in [6.07, 6.45) is 1.68. The Labute approximate surface area is 209 Å². The number of benzene rings is 1. The minimum absolute atomic E-state index is 0. The van der Waals surface area contributed by atoms with E-state index in [9.17, 15) is 24.6 Å². The summed E-state index contributed by atoms with van der Waals surface area (Å²) in [5.74, 6) is -2.89. The Morgan fingerprint density at radius 1 is 1.32 bits per heavy atom. The van der Waals surface area contributed by atoms with Crippen LogP contribution in [-0.2, 0) is 9.59 Å². The van der Waals surface area contributed by atoms with Crippen molar-refractivity contribution >= 4 is 29.4 Å². The van der Waals surface area contributed by atoms with Gasteiger partial charge in [0, 0.05) is 10.3 Å². The first-order valence-corrected chi connectivity index (χ1v) is 9.38. The Hall–Kier alpha value is -0.684. The first-order valence-electron chi connectivity index (χ1n) is 8.50. The molecule has 144 valence electrons. The van der Waals surface area contributed by atoms with E-state index < -0.39 is 45.8 Å². The van der Waals surface area contributed by atoms with Crippen molar-refractivity contribution in [1.82, 2.24) is 4.90 Å². The molecule has 1 N–H and O–H groups in total. The van der Waals surface area contributed by atoms with E-state index in [0.29, 0.717) is 5.75 Å². The molecule has 1 aromatic carbocycles. The number of aliphatic hydroxyl groups is 1. The number of aliphatic carboxylic acids is 1. The van der Waals surface area contributed by atoms with E-state index in [1.54, 1.807) is 39.0 Å². The maximum absolute atomic E-state index is 12.6. The molecule has 2 saturated heterocycles. The molecule has 2 fully saturated rings. The first kappa shape index (κ1) is 23.6. The van der Waals surface area contributed by atoms with Gasteiger partial charge in [-0.25, -0.2) is 0 Å². The number of thioether (sulfide) groups is 1.